The molecule has 0 spiro atoms. The van der Waals surface area contributed by atoms with Gasteiger partial charge in [-0.15, -0.1) is 0 Å². The van der Waals surface area contributed by atoms with Crippen molar-refractivity contribution in [2.24, 2.45) is 5.41 Å². The van der Waals surface area contributed by atoms with E-state index in [2.05, 4.69) is 20.4 Å². The number of hydrogen-bond donors (Lipinski definition) is 1. The molecule has 166 valence electrons. The fraction of sp³-hybridized carbons (Fsp3) is 0.375. The zero-order valence-electron chi connectivity index (χ0n) is 18.4. The molecule has 4 rings (SSSR count). The molecule has 0 unspecified atom stereocenters. The molecule has 1 aliphatic heterocycles. The second-order valence-corrected chi connectivity index (χ2v) is 8.23. The number of rotatable bonds is 6. The molecule has 1 aromatic carbocycles. The number of nitrogens with zero attached hydrogens (tertiary/aromatic N) is 4. The first-order chi connectivity index (χ1) is 15.5. The Balaban J connectivity index is 1.59. The molecule has 0 radical (unpaired) electrons. The van der Waals surface area contributed by atoms with Gasteiger partial charge < -0.3 is 14.7 Å². The van der Waals surface area contributed by atoms with E-state index in [1.165, 1.54) is 6.20 Å². The Labute approximate surface area is 187 Å². The van der Waals surface area contributed by atoms with Crippen molar-refractivity contribution in [3.8, 4) is 11.3 Å². The second kappa shape index (κ2) is 9.30. The van der Waals surface area contributed by atoms with Gasteiger partial charge in [-0.25, -0.2) is 4.98 Å². The van der Waals surface area contributed by atoms with Crippen LogP contribution in [0.3, 0.4) is 0 Å². The molecule has 0 aliphatic carbocycles. The quantitative estimate of drug-likeness (QED) is 0.641. The van der Waals surface area contributed by atoms with Gasteiger partial charge in [0.2, 0.25) is 5.91 Å². The highest BCUT2D eigenvalue weighted by molar-refractivity contribution is 5.93. The van der Waals surface area contributed by atoms with Gasteiger partial charge >= 0.3 is 0 Å². The Bertz CT molecular complexity index is 1080. The fourth-order valence-corrected chi connectivity index (χ4v) is 4.20. The van der Waals surface area contributed by atoms with E-state index in [1.54, 1.807) is 11.1 Å². The van der Waals surface area contributed by atoms with Gasteiger partial charge in [-0.05, 0) is 26.7 Å². The highest BCUT2D eigenvalue weighted by Gasteiger charge is 2.44. The molecule has 1 fully saturated rings. The number of hydrogen-bond acceptors (Lipinski definition) is 6. The summed E-state index contributed by atoms with van der Waals surface area (Å²) in [4.78, 5) is 36.4. The average Bonchev–Trinajstić information content (AvgIpc) is 3.28. The van der Waals surface area contributed by atoms with E-state index >= 15 is 0 Å². The molecule has 8 heteroatoms. The van der Waals surface area contributed by atoms with Gasteiger partial charge in [0.25, 0.3) is 5.91 Å². The van der Waals surface area contributed by atoms with Crippen LogP contribution in [0.4, 0.5) is 0 Å². The summed E-state index contributed by atoms with van der Waals surface area (Å²) < 4.78 is 5.61. The molecule has 1 N–H and O–H groups in total. The lowest BCUT2D eigenvalue weighted by atomic mass is 9.75. The van der Waals surface area contributed by atoms with Crippen LogP contribution in [0.2, 0.25) is 0 Å². The van der Waals surface area contributed by atoms with Gasteiger partial charge in [0, 0.05) is 43.9 Å². The topological polar surface area (TPSA) is 101 Å². The van der Waals surface area contributed by atoms with Crippen LogP contribution in [-0.2, 0) is 11.2 Å². The third-order valence-electron chi connectivity index (χ3n) is 5.82. The lowest BCUT2D eigenvalue weighted by Crippen LogP contribution is -2.54. The Morgan fingerprint density at radius 3 is 2.72 bits per heavy atom. The highest BCUT2D eigenvalue weighted by atomic mass is 16.5. The molecule has 2 amide bonds. The number of aromatic nitrogens is 3. The first kappa shape index (κ1) is 21.7. The number of piperidine rings is 1. The molecule has 3 aromatic rings. The number of benzene rings is 1. The summed E-state index contributed by atoms with van der Waals surface area (Å²) in [6, 6.07) is 11.6. The van der Waals surface area contributed by atoms with Crippen molar-refractivity contribution in [2.45, 2.75) is 33.1 Å². The first-order valence-corrected chi connectivity index (χ1v) is 10.9. The predicted molar refractivity (Wildman–Crippen MR) is 119 cm³/mol. The summed E-state index contributed by atoms with van der Waals surface area (Å²) in [5.41, 5.74) is 1.92. The molecule has 3 heterocycles. The van der Waals surface area contributed by atoms with E-state index in [0.29, 0.717) is 38.1 Å². The summed E-state index contributed by atoms with van der Waals surface area (Å²) >= 11 is 0. The van der Waals surface area contributed by atoms with Crippen LogP contribution in [0, 0.1) is 12.3 Å². The number of aryl methyl sites for hydroxylation is 1. The average molecular weight is 434 g/mol. The first-order valence-electron chi connectivity index (χ1n) is 10.9. The smallest absolute Gasteiger partial charge is 0.274 e. The Kier molecular flexibility index (Phi) is 6.30. The zero-order chi connectivity index (χ0) is 22.6. The summed E-state index contributed by atoms with van der Waals surface area (Å²) in [6.07, 6.45) is 4.80. The lowest BCUT2D eigenvalue weighted by molar-refractivity contribution is -0.134. The van der Waals surface area contributed by atoms with Crippen LogP contribution in [0.25, 0.3) is 11.3 Å². The van der Waals surface area contributed by atoms with Crippen molar-refractivity contribution < 1.29 is 14.1 Å². The van der Waals surface area contributed by atoms with E-state index in [9.17, 15) is 9.59 Å². The van der Waals surface area contributed by atoms with Gasteiger partial charge in [0.15, 0.2) is 0 Å². The van der Waals surface area contributed by atoms with E-state index in [-0.39, 0.29) is 24.1 Å². The van der Waals surface area contributed by atoms with Gasteiger partial charge in [-0.2, -0.15) is 0 Å². The maximum Gasteiger partial charge on any atom is 0.274 e. The maximum atomic E-state index is 13.2. The van der Waals surface area contributed by atoms with Crippen molar-refractivity contribution in [3.05, 3.63) is 65.9 Å². The van der Waals surface area contributed by atoms with Crippen LogP contribution in [-0.4, -0.2) is 51.5 Å². The maximum absolute atomic E-state index is 13.2. The summed E-state index contributed by atoms with van der Waals surface area (Å²) in [5.74, 6) is 0.332. The molecular weight excluding hydrogens is 406 g/mol. The number of carbonyl (C=O) groups is 2. The van der Waals surface area contributed by atoms with E-state index in [1.807, 2.05) is 50.2 Å². The van der Waals surface area contributed by atoms with Crippen molar-refractivity contribution in [2.75, 3.05) is 19.6 Å². The Hall–Kier alpha value is -3.55. The van der Waals surface area contributed by atoms with E-state index in [0.717, 1.165) is 17.0 Å². The predicted octanol–water partition coefficient (Wildman–Crippen LogP) is 3.04. The van der Waals surface area contributed by atoms with E-state index < -0.39 is 5.41 Å². The normalized spacial score (nSPS) is 18.4. The SMILES string of the molecule is CCNC(=O)[C@@]1(Cc2cc(-c3ccccc3)no2)CCCN(C(=O)c2cnc(C)cn2)C1. The molecule has 8 nitrogen and oxygen atoms in total. The Morgan fingerprint density at radius 2 is 2.00 bits per heavy atom. The molecule has 1 aliphatic rings. The molecule has 0 saturated carbocycles. The Morgan fingerprint density at radius 1 is 1.19 bits per heavy atom. The fourth-order valence-electron chi connectivity index (χ4n) is 4.20. The minimum atomic E-state index is -0.796. The molecule has 2 aromatic heterocycles. The minimum Gasteiger partial charge on any atom is -0.361 e. The van der Waals surface area contributed by atoms with Crippen molar-refractivity contribution in [1.29, 1.82) is 0 Å². The number of carbonyl (C=O) groups excluding carboxylic acids is 2. The highest BCUT2D eigenvalue weighted by Crippen LogP contribution is 2.35. The lowest BCUT2D eigenvalue weighted by Gasteiger charge is -2.41. The standard InChI is InChI=1S/C24H27N5O3/c1-3-25-23(31)24(13-19-12-20(28-32-19)18-8-5-4-6-9-18)10-7-11-29(16-24)22(30)21-15-26-17(2)14-27-21/h4-6,8-9,12,14-15H,3,7,10-11,13,16H2,1-2H3,(H,25,31)/t24-/m1/s1. The number of amides is 2. The monoisotopic (exact) mass is 433 g/mol. The third-order valence-corrected chi connectivity index (χ3v) is 5.82. The van der Waals surface area contributed by atoms with E-state index in [4.69, 9.17) is 4.52 Å². The van der Waals surface area contributed by atoms with Gasteiger partial charge in [-0.3, -0.25) is 14.6 Å². The minimum absolute atomic E-state index is 0.0786. The number of nitrogens with one attached hydrogen (secondary N) is 1. The van der Waals surface area contributed by atoms with Crippen molar-refractivity contribution in [3.63, 3.8) is 0 Å². The largest absolute Gasteiger partial charge is 0.361 e. The molecule has 1 atom stereocenters. The van der Waals surface area contributed by atoms with Gasteiger partial charge in [0.05, 0.1) is 17.3 Å². The van der Waals surface area contributed by atoms with Crippen LogP contribution >= 0.6 is 0 Å². The van der Waals surface area contributed by atoms with Gasteiger partial charge in [-0.1, -0.05) is 35.5 Å². The van der Waals surface area contributed by atoms with Gasteiger partial charge in [0.1, 0.15) is 17.1 Å². The number of likely N-dealkylation sites (tertiary alicyclic amines) is 1. The molecule has 32 heavy (non-hydrogen) atoms. The van der Waals surface area contributed by atoms with Crippen molar-refractivity contribution in [1.82, 2.24) is 25.3 Å². The summed E-state index contributed by atoms with van der Waals surface area (Å²) in [6.45, 7) is 5.09. The molecular formula is C24H27N5O3. The molecule has 0 bridgehead atoms. The summed E-state index contributed by atoms with van der Waals surface area (Å²) in [7, 11) is 0. The van der Waals surface area contributed by atoms with Crippen LogP contribution in [0.15, 0.2) is 53.3 Å². The zero-order valence-corrected chi connectivity index (χ0v) is 18.4. The third kappa shape index (κ3) is 4.54. The molecule has 1 saturated heterocycles. The van der Waals surface area contributed by atoms with Crippen LogP contribution in [0.1, 0.15) is 41.7 Å². The van der Waals surface area contributed by atoms with Crippen LogP contribution in [0.5, 0.6) is 0 Å². The summed E-state index contributed by atoms with van der Waals surface area (Å²) in [5, 5.41) is 7.15. The second-order valence-electron chi connectivity index (χ2n) is 8.23. The van der Waals surface area contributed by atoms with Crippen molar-refractivity contribution >= 4 is 11.8 Å². The van der Waals surface area contributed by atoms with Crippen LogP contribution < -0.4 is 5.32 Å².